The van der Waals surface area contributed by atoms with Gasteiger partial charge in [0.2, 0.25) is 0 Å². The highest BCUT2D eigenvalue weighted by molar-refractivity contribution is 7.18. The van der Waals surface area contributed by atoms with Gasteiger partial charge in [0.05, 0.1) is 17.6 Å². The number of rotatable bonds is 4. The molecule has 0 saturated carbocycles. The van der Waals surface area contributed by atoms with E-state index in [0.29, 0.717) is 39.6 Å². The number of hydrogen-bond donors (Lipinski definition) is 0. The summed E-state index contributed by atoms with van der Waals surface area (Å²) in [5.41, 5.74) is 0.783. The Balaban J connectivity index is 1.70. The number of hydrogen-bond acceptors (Lipinski definition) is 6. The molecule has 0 bridgehead atoms. The van der Waals surface area contributed by atoms with Gasteiger partial charge in [-0.25, -0.2) is 4.98 Å². The van der Waals surface area contributed by atoms with Crippen molar-refractivity contribution in [3.8, 4) is 5.75 Å². The lowest BCUT2D eigenvalue weighted by Gasteiger charge is -2.28. The van der Waals surface area contributed by atoms with Gasteiger partial charge in [0, 0.05) is 17.0 Å². The Morgan fingerprint density at radius 1 is 1.25 bits per heavy atom. The predicted molar refractivity (Wildman–Crippen MR) is 108 cm³/mol. The summed E-state index contributed by atoms with van der Waals surface area (Å²) in [5, 5.41) is 0.530. The van der Waals surface area contributed by atoms with Crippen LogP contribution in [0.3, 0.4) is 0 Å². The number of fused-ring (bicyclic) bond motifs is 2. The van der Waals surface area contributed by atoms with E-state index in [4.69, 9.17) is 4.74 Å². The molecule has 28 heavy (non-hydrogen) atoms. The van der Waals surface area contributed by atoms with Crippen molar-refractivity contribution >= 4 is 38.9 Å². The minimum absolute atomic E-state index is 0.00549. The van der Waals surface area contributed by atoms with E-state index in [1.54, 1.807) is 36.1 Å². The van der Waals surface area contributed by atoms with Crippen molar-refractivity contribution in [1.29, 1.82) is 0 Å². The lowest BCUT2D eigenvalue weighted by Crippen LogP contribution is -2.38. The third-order valence-corrected chi connectivity index (χ3v) is 5.75. The third kappa shape index (κ3) is 2.99. The fraction of sp³-hybridized carbons (Fsp3) is 0.300. The molecule has 3 heterocycles. The summed E-state index contributed by atoms with van der Waals surface area (Å²) < 4.78 is 6.84. The monoisotopic (exact) mass is 397 g/mol. The summed E-state index contributed by atoms with van der Waals surface area (Å²) in [7, 11) is 0. The second-order valence-corrected chi connectivity index (χ2v) is 7.89. The van der Waals surface area contributed by atoms with Gasteiger partial charge in [-0.15, -0.1) is 11.3 Å². The number of ether oxygens (including phenoxy) is 1. The number of aryl methyl sites for hydroxylation is 2. The molecule has 1 aliphatic heterocycles. The molecule has 1 amide bonds. The molecule has 0 unspecified atom stereocenters. The first-order valence-electron chi connectivity index (χ1n) is 8.97. The molecule has 144 valence electrons. The molecule has 0 aliphatic carbocycles. The Morgan fingerprint density at radius 3 is 2.79 bits per heavy atom. The van der Waals surface area contributed by atoms with Crippen LogP contribution in [-0.2, 0) is 11.3 Å². The van der Waals surface area contributed by atoms with Crippen molar-refractivity contribution in [3.63, 3.8) is 0 Å². The highest BCUT2D eigenvalue weighted by atomic mass is 32.1. The fourth-order valence-corrected chi connectivity index (χ4v) is 4.30. The predicted octanol–water partition coefficient (Wildman–Crippen LogP) is 2.70. The van der Waals surface area contributed by atoms with E-state index in [-0.39, 0.29) is 30.4 Å². The molecule has 0 spiro atoms. The molecule has 0 saturated heterocycles. The molecule has 0 atom stereocenters. The quantitative estimate of drug-likeness (QED) is 0.632. The zero-order valence-electron chi connectivity index (χ0n) is 15.8. The lowest BCUT2D eigenvalue weighted by atomic mass is 10.1. The van der Waals surface area contributed by atoms with Crippen LogP contribution in [0.25, 0.3) is 10.2 Å². The summed E-state index contributed by atoms with van der Waals surface area (Å²) in [6, 6.07) is 6.80. The number of likely N-dealkylation sites (N-methyl/N-ethyl adjacent to an activating group) is 1. The first-order valence-corrected chi connectivity index (χ1v) is 9.78. The van der Waals surface area contributed by atoms with Gasteiger partial charge in [-0.3, -0.25) is 19.0 Å². The topological polar surface area (TPSA) is 81.5 Å². The maximum Gasteiger partial charge on any atom is 0.265 e. The van der Waals surface area contributed by atoms with Crippen LogP contribution in [0.2, 0.25) is 0 Å². The van der Waals surface area contributed by atoms with E-state index < -0.39 is 0 Å². The number of amides is 1. The van der Waals surface area contributed by atoms with Crippen molar-refractivity contribution in [3.05, 3.63) is 50.9 Å². The normalized spacial score (nSPS) is 13.5. The van der Waals surface area contributed by atoms with E-state index in [1.165, 1.54) is 15.9 Å². The van der Waals surface area contributed by atoms with E-state index in [2.05, 4.69) is 4.98 Å². The van der Waals surface area contributed by atoms with E-state index in [9.17, 15) is 14.4 Å². The molecular weight excluding hydrogens is 378 g/mol. The average Bonchev–Trinajstić information content (AvgIpc) is 3.04. The number of benzene rings is 1. The van der Waals surface area contributed by atoms with Crippen molar-refractivity contribution in [1.82, 2.24) is 9.55 Å². The van der Waals surface area contributed by atoms with Crippen LogP contribution in [0.5, 0.6) is 5.75 Å². The van der Waals surface area contributed by atoms with Crippen molar-refractivity contribution < 1.29 is 14.3 Å². The zero-order valence-corrected chi connectivity index (χ0v) is 16.6. The molecule has 1 aromatic carbocycles. The Hall–Kier alpha value is -3.00. The largest absolute Gasteiger partial charge is 0.482 e. The SMILES string of the molecule is CCN1C(=O)COc2ccc(C(=O)Cn3c(C)nc4sc(C)cc4c3=O)cc21. The van der Waals surface area contributed by atoms with E-state index in [0.717, 1.165) is 4.88 Å². The summed E-state index contributed by atoms with van der Waals surface area (Å²) in [6.07, 6.45) is 0. The number of ketones is 1. The highest BCUT2D eigenvalue weighted by Gasteiger charge is 2.25. The molecule has 1 aliphatic rings. The molecule has 4 rings (SSSR count). The number of nitrogens with zero attached hydrogens (tertiary/aromatic N) is 3. The molecule has 2 aromatic heterocycles. The number of carbonyl (C=O) groups excluding carboxylic acids is 2. The maximum absolute atomic E-state index is 12.9. The average molecular weight is 397 g/mol. The van der Waals surface area contributed by atoms with Gasteiger partial charge in [0.15, 0.2) is 12.4 Å². The minimum atomic E-state index is -0.227. The molecule has 3 aromatic rings. The van der Waals surface area contributed by atoms with Gasteiger partial charge in [0.1, 0.15) is 16.4 Å². The van der Waals surface area contributed by atoms with Gasteiger partial charge in [0.25, 0.3) is 11.5 Å². The number of carbonyl (C=O) groups is 2. The molecule has 8 heteroatoms. The van der Waals surface area contributed by atoms with Crippen LogP contribution in [0.1, 0.15) is 28.0 Å². The Morgan fingerprint density at radius 2 is 2.04 bits per heavy atom. The van der Waals surface area contributed by atoms with Crippen LogP contribution in [-0.4, -0.2) is 34.4 Å². The van der Waals surface area contributed by atoms with Crippen molar-refractivity contribution in [2.45, 2.75) is 27.3 Å². The Bertz CT molecular complexity index is 1180. The number of thiophene rings is 1. The summed E-state index contributed by atoms with van der Waals surface area (Å²) in [6.45, 7) is 5.89. The van der Waals surface area contributed by atoms with Crippen LogP contribution < -0.4 is 15.2 Å². The van der Waals surface area contributed by atoms with Gasteiger partial charge in [-0.05, 0) is 45.0 Å². The second-order valence-electron chi connectivity index (χ2n) is 6.66. The number of anilines is 1. The summed E-state index contributed by atoms with van der Waals surface area (Å²) >= 11 is 1.46. The molecular formula is C20H19N3O4S. The van der Waals surface area contributed by atoms with E-state index >= 15 is 0 Å². The van der Waals surface area contributed by atoms with Gasteiger partial charge >= 0.3 is 0 Å². The van der Waals surface area contributed by atoms with Gasteiger partial charge < -0.3 is 9.64 Å². The minimum Gasteiger partial charge on any atom is -0.482 e. The van der Waals surface area contributed by atoms with Crippen molar-refractivity contribution in [2.75, 3.05) is 18.1 Å². The van der Waals surface area contributed by atoms with Gasteiger partial charge in [-0.2, -0.15) is 0 Å². The third-order valence-electron chi connectivity index (χ3n) is 4.81. The first kappa shape index (κ1) is 18.4. The molecule has 7 nitrogen and oxygen atoms in total. The van der Waals surface area contributed by atoms with Crippen LogP contribution in [0.15, 0.2) is 29.1 Å². The van der Waals surface area contributed by atoms with Crippen molar-refractivity contribution in [2.24, 2.45) is 0 Å². The van der Waals surface area contributed by atoms with E-state index in [1.807, 2.05) is 13.8 Å². The van der Waals surface area contributed by atoms with Gasteiger partial charge in [-0.1, -0.05) is 0 Å². The lowest BCUT2D eigenvalue weighted by molar-refractivity contribution is -0.121. The first-order chi connectivity index (χ1) is 13.4. The second kappa shape index (κ2) is 6.87. The maximum atomic E-state index is 12.9. The molecule has 0 fully saturated rings. The highest BCUT2D eigenvalue weighted by Crippen LogP contribution is 2.33. The summed E-state index contributed by atoms with van der Waals surface area (Å²) in [4.78, 5) is 45.5. The smallest absolute Gasteiger partial charge is 0.265 e. The molecule has 0 N–H and O–H groups in total. The Kier molecular flexibility index (Phi) is 4.50. The molecule has 0 radical (unpaired) electrons. The van der Waals surface area contributed by atoms with Crippen LogP contribution >= 0.6 is 11.3 Å². The number of Topliss-reactive ketones (excluding diaryl/α,β-unsaturated/α-hetero) is 1. The zero-order chi connectivity index (χ0) is 20.0. The fourth-order valence-electron chi connectivity index (χ4n) is 3.38. The Labute approximate surface area is 165 Å². The van der Waals surface area contributed by atoms with Crippen LogP contribution in [0, 0.1) is 13.8 Å². The standard InChI is InChI=1S/C20H19N3O4S/c1-4-22-15-8-13(5-6-17(15)27-10-18(22)25)16(24)9-23-12(3)21-19-14(20(23)26)7-11(2)28-19/h5-8H,4,9-10H2,1-3H3. The van der Waals surface area contributed by atoms with Crippen LogP contribution in [0.4, 0.5) is 5.69 Å². The summed E-state index contributed by atoms with van der Waals surface area (Å²) in [5.74, 6) is 0.701. The number of aromatic nitrogens is 2.